The van der Waals surface area contributed by atoms with Crippen molar-refractivity contribution in [3.8, 4) is 0 Å². The van der Waals surface area contributed by atoms with Gasteiger partial charge in [0.2, 0.25) is 0 Å². The second-order valence-corrected chi connectivity index (χ2v) is 11.7. The van der Waals surface area contributed by atoms with Crippen LogP contribution in [0.5, 0.6) is 0 Å². The van der Waals surface area contributed by atoms with E-state index in [9.17, 15) is 18.0 Å². The van der Waals surface area contributed by atoms with Crippen LogP contribution in [0, 0.1) is 29.1 Å². The van der Waals surface area contributed by atoms with Crippen molar-refractivity contribution >= 4 is 21.8 Å². The van der Waals surface area contributed by atoms with Gasteiger partial charge in [0, 0.05) is 17.5 Å². The number of hydrogen-bond acceptors (Lipinski definition) is 8. The van der Waals surface area contributed by atoms with Crippen LogP contribution in [0.4, 0.5) is 0 Å². The first-order chi connectivity index (χ1) is 13.4. The van der Waals surface area contributed by atoms with Gasteiger partial charge in [-0.3, -0.25) is 9.59 Å². The molecule has 5 heterocycles. The van der Waals surface area contributed by atoms with E-state index < -0.39 is 15.3 Å². The van der Waals surface area contributed by atoms with E-state index in [1.807, 2.05) is 0 Å². The summed E-state index contributed by atoms with van der Waals surface area (Å²) in [6.45, 7) is 1.98. The van der Waals surface area contributed by atoms with E-state index in [-0.39, 0.29) is 60.6 Å². The third-order valence-corrected chi connectivity index (χ3v) is 9.41. The highest BCUT2D eigenvalue weighted by Gasteiger charge is 2.53. The van der Waals surface area contributed by atoms with Crippen molar-refractivity contribution in [1.29, 1.82) is 0 Å². The quantitative estimate of drug-likeness (QED) is 0.561. The first-order valence-electron chi connectivity index (χ1n) is 10.4. The van der Waals surface area contributed by atoms with Crippen molar-refractivity contribution in [3.05, 3.63) is 0 Å². The highest BCUT2D eigenvalue weighted by molar-refractivity contribution is 7.91. The molecule has 156 valence electrons. The molecule has 7 fully saturated rings. The Morgan fingerprint density at radius 3 is 1.68 bits per heavy atom. The van der Waals surface area contributed by atoms with Gasteiger partial charge in [0.25, 0.3) is 0 Å². The van der Waals surface area contributed by atoms with Crippen LogP contribution in [0.3, 0.4) is 0 Å². The summed E-state index contributed by atoms with van der Waals surface area (Å²) in [5, 5.41) is 6.61. The minimum Gasteiger partial charge on any atom is -0.465 e. The highest BCUT2D eigenvalue weighted by atomic mass is 32.2. The van der Waals surface area contributed by atoms with E-state index in [1.54, 1.807) is 0 Å². The Kier molecular flexibility index (Phi) is 4.48. The predicted octanol–water partition coefficient (Wildman–Crippen LogP) is -0.516. The van der Waals surface area contributed by atoms with E-state index in [1.165, 1.54) is 0 Å². The number of esters is 2. The molecule has 0 radical (unpaired) electrons. The fourth-order valence-corrected chi connectivity index (χ4v) is 7.30. The summed E-state index contributed by atoms with van der Waals surface area (Å²) in [4.78, 5) is 25.0. The normalized spacial score (nSPS) is 41.6. The molecule has 9 heteroatoms. The second kappa shape index (κ2) is 6.67. The van der Waals surface area contributed by atoms with Crippen LogP contribution in [0.2, 0.25) is 0 Å². The summed E-state index contributed by atoms with van der Waals surface area (Å²) in [5.74, 6) is 0.257. The topological polar surface area (TPSA) is 111 Å². The molecule has 6 unspecified atom stereocenters. The Balaban J connectivity index is 1.20. The van der Waals surface area contributed by atoms with Crippen LogP contribution in [-0.2, 0) is 28.9 Å². The number of sulfone groups is 1. The lowest BCUT2D eigenvalue weighted by Crippen LogP contribution is -2.47. The van der Waals surface area contributed by atoms with Crippen molar-refractivity contribution in [3.63, 3.8) is 0 Å². The predicted molar refractivity (Wildman–Crippen MR) is 99.0 cm³/mol. The van der Waals surface area contributed by atoms with E-state index in [2.05, 4.69) is 10.6 Å². The SMILES string of the molecule is O=C(OCC1(COC(=O)C2C3CNC2C3)CCS(=O)(=O)CC1)C1C2CNC1C2. The number of carbonyl (C=O) groups excluding carboxylic acids is 2. The average Bonchev–Trinajstić information content (AvgIpc) is 3.40. The molecule has 7 rings (SSSR count). The van der Waals surface area contributed by atoms with Gasteiger partial charge in [0.1, 0.15) is 23.1 Å². The van der Waals surface area contributed by atoms with Gasteiger partial charge in [0.15, 0.2) is 0 Å². The Morgan fingerprint density at radius 2 is 1.32 bits per heavy atom. The highest BCUT2D eigenvalue weighted by Crippen LogP contribution is 2.43. The lowest BCUT2D eigenvalue weighted by Gasteiger charge is -2.39. The van der Waals surface area contributed by atoms with E-state index in [4.69, 9.17) is 9.47 Å². The fraction of sp³-hybridized carbons (Fsp3) is 0.895. The molecule has 5 saturated heterocycles. The van der Waals surface area contributed by atoms with Gasteiger partial charge in [-0.2, -0.15) is 0 Å². The summed E-state index contributed by atoms with van der Waals surface area (Å²) in [6, 6.07) is 0.444. The lowest BCUT2D eigenvalue weighted by molar-refractivity contribution is -0.165. The lowest BCUT2D eigenvalue weighted by atomic mass is 9.74. The molecular formula is C19H28N2O6S. The van der Waals surface area contributed by atoms with E-state index in [0.717, 1.165) is 25.9 Å². The number of ether oxygens (including phenoxy) is 2. The number of nitrogens with one attached hydrogen (secondary N) is 2. The Hall–Kier alpha value is -1.19. The van der Waals surface area contributed by atoms with Gasteiger partial charge in [-0.05, 0) is 50.6 Å². The zero-order chi connectivity index (χ0) is 19.5. The zero-order valence-electron chi connectivity index (χ0n) is 15.9. The van der Waals surface area contributed by atoms with Gasteiger partial charge in [-0.25, -0.2) is 8.42 Å². The van der Waals surface area contributed by atoms with Crippen molar-refractivity contribution in [2.75, 3.05) is 37.8 Å². The van der Waals surface area contributed by atoms with Gasteiger partial charge >= 0.3 is 11.9 Å². The molecule has 28 heavy (non-hydrogen) atoms. The Morgan fingerprint density at radius 1 is 0.857 bits per heavy atom. The molecule has 0 amide bonds. The van der Waals surface area contributed by atoms with Gasteiger partial charge in [0.05, 0.1) is 23.3 Å². The van der Waals surface area contributed by atoms with Crippen LogP contribution in [0.1, 0.15) is 25.7 Å². The second-order valence-electron chi connectivity index (χ2n) is 9.44. The van der Waals surface area contributed by atoms with Gasteiger partial charge in [-0.1, -0.05) is 0 Å². The van der Waals surface area contributed by atoms with Crippen molar-refractivity contribution in [2.24, 2.45) is 29.1 Å². The van der Waals surface area contributed by atoms with Crippen molar-refractivity contribution in [2.45, 2.75) is 37.8 Å². The summed E-state index contributed by atoms with van der Waals surface area (Å²) >= 11 is 0. The van der Waals surface area contributed by atoms with Gasteiger partial charge < -0.3 is 20.1 Å². The van der Waals surface area contributed by atoms with Crippen LogP contribution in [-0.4, -0.2) is 70.2 Å². The van der Waals surface area contributed by atoms with Crippen LogP contribution < -0.4 is 10.6 Å². The Bertz CT molecular complexity index is 697. The molecule has 0 aromatic heterocycles. The van der Waals surface area contributed by atoms with Crippen LogP contribution in [0.15, 0.2) is 0 Å². The first-order valence-corrected chi connectivity index (χ1v) is 12.2. The minimum atomic E-state index is -3.07. The summed E-state index contributed by atoms with van der Waals surface area (Å²) in [6.07, 6.45) is 2.78. The first kappa shape index (κ1) is 18.8. The van der Waals surface area contributed by atoms with Crippen LogP contribution in [0.25, 0.3) is 0 Å². The molecule has 0 aromatic carbocycles. The number of carbonyl (C=O) groups is 2. The average molecular weight is 413 g/mol. The van der Waals surface area contributed by atoms with Gasteiger partial charge in [-0.15, -0.1) is 0 Å². The smallest absolute Gasteiger partial charge is 0.310 e. The third kappa shape index (κ3) is 3.15. The third-order valence-electron chi connectivity index (χ3n) is 7.75. The van der Waals surface area contributed by atoms with E-state index in [0.29, 0.717) is 24.7 Å². The maximum Gasteiger partial charge on any atom is 0.310 e. The number of rotatable bonds is 6. The van der Waals surface area contributed by atoms with Crippen LogP contribution >= 0.6 is 0 Å². The fourth-order valence-electron chi connectivity index (χ4n) is 5.61. The molecular weight excluding hydrogens is 384 g/mol. The molecule has 4 bridgehead atoms. The Labute approximate surface area is 165 Å². The monoisotopic (exact) mass is 412 g/mol. The molecule has 5 aliphatic heterocycles. The maximum absolute atomic E-state index is 12.5. The molecule has 8 nitrogen and oxygen atoms in total. The minimum absolute atomic E-state index is 0.0502. The van der Waals surface area contributed by atoms with E-state index >= 15 is 0 Å². The number of fused-ring (bicyclic) bond motifs is 2. The molecule has 2 aliphatic carbocycles. The standard InChI is InChI=1S/C19H28N2O6S/c22-17(15-11-5-13(15)20-7-11)26-9-19(1-3-28(24,25)4-2-19)10-27-18(23)16-12-6-14(16)21-8-12/h11-16,20-21H,1-10H2. The summed E-state index contributed by atoms with van der Waals surface area (Å²) in [7, 11) is -3.07. The zero-order valence-corrected chi connectivity index (χ0v) is 16.7. The molecule has 2 N–H and O–H groups in total. The van der Waals surface area contributed by atoms with Crippen molar-refractivity contribution in [1.82, 2.24) is 10.6 Å². The molecule has 0 spiro atoms. The van der Waals surface area contributed by atoms with Crippen molar-refractivity contribution < 1.29 is 27.5 Å². The molecule has 7 aliphatic rings. The number of hydrogen-bond donors (Lipinski definition) is 2. The summed E-state index contributed by atoms with van der Waals surface area (Å²) < 4.78 is 35.1. The molecule has 6 atom stereocenters. The largest absolute Gasteiger partial charge is 0.465 e. The maximum atomic E-state index is 12.5. The molecule has 2 saturated carbocycles. The molecule has 0 aromatic rings. The summed E-state index contributed by atoms with van der Waals surface area (Å²) in [5.41, 5.74) is -0.594.